The van der Waals surface area contributed by atoms with E-state index in [1.54, 1.807) is 12.3 Å². The van der Waals surface area contributed by atoms with Crippen molar-refractivity contribution in [2.24, 2.45) is 11.1 Å². The van der Waals surface area contributed by atoms with Gasteiger partial charge in [0.25, 0.3) is 0 Å². The molecule has 0 amide bonds. The van der Waals surface area contributed by atoms with Crippen LogP contribution in [0, 0.1) is 5.41 Å². The third kappa shape index (κ3) is 3.86. The Labute approximate surface area is 132 Å². The topological polar surface area (TPSA) is 35.2 Å². The molecule has 0 aromatic heterocycles. The van der Waals surface area contributed by atoms with Gasteiger partial charge < -0.3 is 10.5 Å². The number of ether oxygens (including phenoxy) is 1. The maximum Gasteiger partial charge on any atom is 0.127 e. The Morgan fingerprint density at radius 3 is 2.45 bits per heavy atom. The summed E-state index contributed by atoms with van der Waals surface area (Å²) in [7, 11) is 0. The van der Waals surface area contributed by atoms with Crippen molar-refractivity contribution in [1.29, 1.82) is 0 Å². The maximum absolute atomic E-state index is 13.9. The van der Waals surface area contributed by atoms with Crippen molar-refractivity contribution in [1.82, 2.24) is 0 Å². The Morgan fingerprint density at radius 1 is 1.23 bits per heavy atom. The molecule has 0 saturated heterocycles. The highest BCUT2D eigenvalue weighted by Gasteiger charge is 2.34. The zero-order valence-corrected chi connectivity index (χ0v) is 13.3. The van der Waals surface area contributed by atoms with Crippen LogP contribution in [-0.2, 0) is 4.74 Å². The van der Waals surface area contributed by atoms with Crippen molar-refractivity contribution in [2.45, 2.75) is 32.7 Å². The third-order valence-electron chi connectivity index (χ3n) is 4.05. The molecule has 0 saturated carbocycles. The lowest BCUT2D eigenvalue weighted by Gasteiger charge is -2.35. The molecule has 3 heteroatoms. The van der Waals surface area contributed by atoms with Crippen LogP contribution in [-0.4, -0.2) is 12.6 Å². The Hall–Kier alpha value is -1.87. The first-order valence-corrected chi connectivity index (χ1v) is 7.69. The van der Waals surface area contributed by atoms with Crippen LogP contribution >= 0.6 is 0 Å². The van der Waals surface area contributed by atoms with E-state index in [1.807, 2.05) is 50.3 Å². The fraction of sp³-hybridized carbons (Fsp3) is 0.368. The number of allylic oxidation sites excluding steroid dienone is 3. The first-order chi connectivity index (χ1) is 10.5. The molecule has 1 unspecified atom stereocenters. The van der Waals surface area contributed by atoms with Gasteiger partial charge in [0, 0.05) is 17.0 Å². The molecular formula is C19H24FNO. The van der Waals surface area contributed by atoms with Crippen LogP contribution in [0.3, 0.4) is 0 Å². The summed E-state index contributed by atoms with van der Waals surface area (Å²) < 4.78 is 18.8. The van der Waals surface area contributed by atoms with Crippen molar-refractivity contribution in [3.05, 3.63) is 66.2 Å². The van der Waals surface area contributed by atoms with E-state index in [2.05, 4.69) is 0 Å². The molecule has 1 aromatic carbocycles. The van der Waals surface area contributed by atoms with Crippen LogP contribution in [0.25, 0.3) is 5.57 Å². The van der Waals surface area contributed by atoms with Gasteiger partial charge in [0.05, 0.1) is 12.9 Å². The smallest absolute Gasteiger partial charge is 0.127 e. The molecule has 22 heavy (non-hydrogen) atoms. The van der Waals surface area contributed by atoms with Crippen LogP contribution in [0.2, 0.25) is 0 Å². The van der Waals surface area contributed by atoms with Crippen LogP contribution in [0.5, 0.6) is 0 Å². The molecular weight excluding hydrogens is 277 g/mol. The minimum atomic E-state index is -0.375. The molecule has 2 aliphatic rings. The number of benzene rings is 1. The van der Waals surface area contributed by atoms with Crippen LogP contribution in [0.15, 0.2) is 60.6 Å². The Balaban J connectivity index is 0.000000246. The number of nitrogens with two attached hydrogens (primary N) is 1. The van der Waals surface area contributed by atoms with Crippen LogP contribution < -0.4 is 5.73 Å². The highest BCUT2D eigenvalue weighted by molar-refractivity contribution is 5.75. The summed E-state index contributed by atoms with van der Waals surface area (Å²) in [5, 5.41) is 0. The molecule has 118 valence electrons. The van der Waals surface area contributed by atoms with Crippen molar-refractivity contribution in [3.63, 3.8) is 0 Å². The van der Waals surface area contributed by atoms with E-state index < -0.39 is 0 Å². The number of rotatable bonds is 1. The summed E-state index contributed by atoms with van der Waals surface area (Å²) in [6, 6.07) is 9.44. The first kappa shape index (κ1) is 16.5. The summed E-state index contributed by atoms with van der Waals surface area (Å²) in [5.41, 5.74) is 7.24. The van der Waals surface area contributed by atoms with Gasteiger partial charge in [0.15, 0.2) is 0 Å². The SMILES string of the molecule is C1=COCCC1.CC1(C)C(c2ccccc2)=C(F)C=CC1N. The van der Waals surface area contributed by atoms with E-state index in [-0.39, 0.29) is 17.3 Å². The summed E-state index contributed by atoms with van der Waals surface area (Å²) in [6.45, 7) is 4.86. The van der Waals surface area contributed by atoms with Crippen molar-refractivity contribution < 1.29 is 9.13 Å². The standard InChI is InChI=1S/C14H16FN.C5H8O/c1-14(2)12(16)9-8-11(15)13(14)10-6-4-3-5-7-10;1-2-4-6-5-3-1/h3-9,12H,16H2,1-2H3;2,4H,1,3,5H2. The van der Waals surface area contributed by atoms with Gasteiger partial charge in [-0.25, -0.2) is 4.39 Å². The van der Waals surface area contributed by atoms with Crippen molar-refractivity contribution in [2.75, 3.05) is 6.61 Å². The molecule has 0 bridgehead atoms. The quantitative estimate of drug-likeness (QED) is 0.822. The third-order valence-corrected chi connectivity index (χ3v) is 4.05. The molecule has 1 aliphatic carbocycles. The molecule has 1 aromatic rings. The molecule has 0 fully saturated rings. The molecule has 1 aliphatic heterocycles. The maximum atomic E-state index is 13.9. The van der Waals surface area contributed by atoms with E-state index in [1.165, 1.54) is 18.9 Å². The van der Waals surface area contributed by atoms with E-state index in [9.17, 15) is 4.39 Å². The van der Waals surface area contributed by atoms with Gasteiger partial charge in [-0.2, -0.15) is 0 Å². The second-order valence-corrected chi connectivity index (χ2v) is 6.08. The lowest BCUT2D eigenvalue weighted by Crippen LogP contribution is -2.38. The van der Waals surface area contributed by atoms with Crippen molar-refractivity contribution in [3.8, 4) is 0 Å². The minimum absolute atomic E-state index is 0.151. The van der Waals surface area contributed by atoms with Crippen LogP contribution in [0.4, 0.5) is 4.39 Å². The Bertz CT molecular complexity index is 564. The van der Waals surface area contributed by atoms with Gasteiger partial charge in [0.1, 0.15) is 5.83 Å². The fourth-order valence-electron chi connectivity index (χ4n) is 2.59. The molecule has 2 nitrogen and oxygen atoms in total. The normalized spacial score (nSPS) is 22.6. The summed E-state index contributed by atoms with van der Waals surface area (Å²) in [6.07, 6.45) is 9.39. The van der Waals surface area contributed by atoms with Crippen molar-refractivity contribution >= 4 is 5.57 Å². The molecule has 0 spiro atoms. The fourth-order valence-corrected chi connectivity index (χ4v) is 2.59. The first-order valence-electron chi connectivity index (χ1n) is 7.69. The van der Waals surface area contributed by atoms with Crippen LogP contribution in [0.1, 0.15) is 32.3 Å². The highest BCUT2D eigenvalue weighted by Crippen LogP contribution is 2.42. The van der Waals surface area contributed by atoms with Gasteiger partial charge in [0.2, 0.25) is 0 Å². The van der Waals surface area contributed by atoms with E-state index in [0.717, 1.165) is 12.2 Å². The second-order valence-electron chi connectivity index (χ2n) is 6.08. The molecule has 0 radical (unpaired) electrons. The second kappa shape index (κ2) is 7.41. The zero-order valence-electron chi connectivity index (χ0n) is 13.3. The predicted molar refractivity (Wildman–Crippen MR) is 89.7 cm³/mol. The lowest BCUT2D eigenvalue weighted by molar-refractivity contribution is 0.231. The number of hydrogen-bond donors (Lipinski definition) is 1. The van der Waals surface area contributed by atoms with E-state index in [4.69, 9.17) is 10.5 Å². The number of hydrogen-bond acceptors (Lipinski definition) is 2. The highest BCUT2D eigenvalue weighted by atomic mass is 19.1. The minimum Gasteiger partial charge on any atom is -0.502 e. The average molecular weight is 301 g/mol. The van der Waals surface area contributed by atoms with E-state index >= 15 is 0 Å². The van der Waals surface area contributed by atoms with Gasteiger partial charge in [-0.1, -0.05) is 50.3 Å². The Morgan fingerprint density at radius 2 is 1.95 bits per heavy atom. The predicted octanol–water partition coefficient (Wildman–Crippen LogP) is 4.60. The average Bonchev–Trinajstić information content (AvgIpc) is 2.54. The number of halogens is 1. The zero-order chi connectivity index (χ0) is 16.0. The van der Waals surface area contributed by atoms with Gasteiger partial charge in [-0.05, 0) is 30.6 Å². The Kier molecular flexibility index (Phi) is 5.56. The van der Waals surface area contributed by atoms with Gasteiger partial charge in [-0.15, -0.1) is 0 Å². The summed E-state index contributed by atoms with van der Waals surface area (Å²) in [4.78, 5) is 0. The summed E-state index contributed by atoms with van der Waals surface area (Å²) >= 11 is 0. The molecule has 2 N–H and O–H groups in total. The lowest BCUT2D eigenvalue weighted by atomic mass is 9.72. The monoisotopic (exact) mass is 301 g/mol. The molecule has 1 heterocycles. The van der Waals surface area contributed by atoms with E-state index in [0.29, 0.717) is 5.57 Å². The van der Waals surface area contributed by atoms with Gasteiger partial charge >= 0.3 is 0 Å². The van der Waals surface area contributed by atoms with Gasteiger partial charge in [-0.3, -0.25) is 0 Å². The molecule has 1 atom stereocenters. The molecule has 3 rings (SSSR count). The summed E-state index contributed by atoms with van der Waals surface area (Å²) in [5.74, 6) is -0.182. The largest absolute Gasteiger partial charge is 0.502 e.